The van der Waals surface area contributed by atoms with E-state index in [0.29, 0.717) is 30.9 Å². The molecule has 2 rings (SSSR count). The highest BCUT2D eigenvalue weighted by Crippen LogP contribution is 2.30. The second kappa shape index (κ2) is 8.70. The third-order valence-electron chi connectivity index (χ3n) is 3.72. The molecule has 1 aliphatic carbocycles. The Labute approximate surface area is 141 Å². The molecule has 1 fully saturated rings. The summed E-state index contributed by atoms with van der Waals surface area (Å²) in [5, 5.41) is 6.58. The van der Waals surface area contributed by atoms with Crippen molar-refractivity contribution in [3.05, 3.63) is 23.8 Å². The zero-order chi connectivity index (χ0) is 17.5. The Balaban J connectivity index is 2.06. The van der Waals surface area contributed by atoms with Gasteiger partial charge in [0.2, 0.25) is 0 Å². The van der Waals surface area contributed by atoms with E-state index in [1.165, 1.54) is 6.07 Å². The molecule has 7 heteroatoms. The molecular weight excluding hydrogens is 316 g/mol. The lowest BCUT2D eigenvalue weighted by molar-refractivity contribution is -0.0514. The molecule has 2 unspecified atom stereocenters. The van der Waals surface area contributed by atoms with Crippen LogP contribution < -0.4 is 20.1 Å². The number of rotatable bonds is 8. The maximum atomic E-state index is 12.4. The van der Waals surface area contributed by atoms with E-state index in [0.717, 1.165) is 24.5 Å². The van der Waals surface area contributed by atoms with Crippen LogP contribution in [0, 0.1) is 5.92 Å². The minimum Gasteiger partial charge on any atom is -0.490 e. The quantitative estimate of drug-likeness (QED) is 0.563. The van der Waals surface area contributed by atoms with Gasteiger partial charge in [0.25, 0.3) is 0 Å². The predicted octanol–water partition coefficient (Wildman–Crippen LogP) is 3.15. The Kier molecular flexibility index (Phi) is 6.63. The van der Waals surface area contributed by atoms with Gasteiger partial charge in [-0.05, 0) is 43.9 Å². The van der Waals surface area contributed by atoms with Gasteiger partial charge in [0.05, 0.1) is 13.2 Å². The number of ether oxygens (including phenoxy) is 2. The summed E-state index contributed by atoms with van der Waals surface area (Å²) >= 11 is 0. The van der Waals surface area contributed by atoms with Crippen molar-refractivity contribution in [2.45, 2.75) is 46.4 Å². The molecule has 0 aromatic heterocycles. The summed E-state index contributed by atoms with van der Waals surface area (Å²) in [4.78, 5) is 4.54. The molecule has 0 bridgehead atoms. The molecule has 2 N–H and O–H groups in total. The van der Waals surface area contributed by atoms with Crippen molar-refractivity contribution < 1.29 is 18.3 Å². The number of hydrogen-bond donors (Lipinski definition) is 2. The first-order valence-electron chi connectivity index (χ1n) is 8.28. The summed E-state index contributed by atoms with van der Waals surface area (Å²) in [5.74, 6) is 1.78. The van der Waals surface area contributed by atoms with E-state index in [1.54, 1.807) is 19.1 Å². The van der Waals surface area contributed by atoms with Crippen LogP contribution in [-0.4, -0.2) is 31.8 Å². The molecule has 24 heavy (non-hydrogen) atoms. The van der Waals surface area contributed by atoms with Gasteiger partial charge < -0.3 is 20.1 Å². The topological polar surface area (TPSA) is 54.9 Å². The number of guanidine groups is 1. The first-order valence-corrected chi connectivity index (χ1v) is 8.28. The van der Waals surface area contributed by atoms with Crippen LogP contribution in [0.4, 0.5) is 8.78 Å². The summed E-state index contributed by atoms with van der Waals surface area (Å²) in [6.45, 7) is 4.69. The van der Waals surface area contributed by atoms with Gasteiger partial charge >= 0.3 is 6.61 Å². The normalized spacial score (nSPS) is 20.0. The monoisotopic (exact) mass is 341 g/mol. The molecule has 1 aromatic carbocycles. The average Bonchev–Trinajstić information content (AvgIpc) is 3.22. The van der Waals surface area contributed by atoms with Crippen LogP contribution in [0.2, 0.25) is 0 Å². The van der Waals surface area contributed by atoms with E-state index >= 15 is 0 Å². The van der Waals surface area contributed by atoms with Gasteiger partial charge in [0.15, 0.2) is 17.5 Å². The van der Waals surface area contributed by atoms with Crippen LogP contribution in [0.5, 0.6) is 11.5 Å². The van der Waals surface area contributed by atoms with E-state index in [4.69, 9.17) is 4.74 Å². The largest absolute Gasteiger partial charge is 0.490 e. The third-order valence-corrected chi connectivity index (χ3v) is 3.72. The lowest BCUT2D eigenvalue weighted by Crippen LogP contribution is -2.39. The minimum atomic E-state index is -2.88. The first kappa shape index (κ1) is 18.3. The van der Waals surface area contributed by atoms with Gasteiger partial charge in [-0.3, -0.25) is 0 Å². The maximum absolute atomic E-state index is 12.4. The van der Waals surface area contributed by atoms with Gasteiger partial charge in [-0.2, -0.15) is 8.78 Å². The maximum Gasteiger partial charge on any atom is 0.387 e. The zero-order valence-corrected chi connectivity index (χ0v) is 14.3. The van der Waals surface area contributed by atoms with E-state index < -0.39 is 6.61 Å². The number of nitrogens with one attached hydrogen (secondary N) is 2. The number of hydrogen-bond acceptors (Lipinski definition) is 3. The van der Waals surface area contributed by atoms with Crippen molar-refractivity contribution in [2.24, 2.45) is 10.9 Å². The number of nitrogens with zero attached hydrogens (tertiary/aromatic N) is 1. The van der Waals surface area contributed by atoms with Gasteiger partial charge in [-0.1, -0.05) is 13.0 Å². The van der Waals surface area contributed by atoms with Gasteiger partial charge in [0, 0.05) is 12.6 Å². The fourth-order valence-electron chi connectivity index (χ4n) is 2.30. The molecule has 5 nitrogen and oxygen atoms in total. The van der Waals surface area contributed by atoms with Crippen LogP contribution >= 0.6 is 0 Å². The fraction of sp³-hybridized carbons (Fsp3) is 0.588. The van der Waals surface area contributed by atoms with Crippen LogP contribution in [0.3, 0.4) is 0 Å². The lowest BCUT2D eigenvalue weighted by atomic mass is 10.2. The highest BCUT2D eigenvalue weighted by atomic mass is 19.3. The van der Waals surface area contributed by atoms with Crippen LogP contribution in [0.25, 0.3) is 0 Å². The summed E-state index contributed by atoms with van der Waals surface area (Å²) in [7, 11) is 0. The van der Waals surface area contributed by atoms with Crippen LogP contribution in [-0.2, 0) is 6.54 Å². The molecule has 0 amide bonds. The Hall–Kier alpha value is -2.05. The van der Waals surface area contributed by atoms with Crippen LogP contribution in [0.15, 0.2) is 23.2 Å². The number of halogens is 2. The highest BCUT2D eigenvalue weighted by molar-refractivity contribution is 5.80. The molecule has 0 radical (unpaired) electrons. The van der Waals surface area contributed by atoms with Crippen molar-refractivity contribution in [3.63, 3.8) is 0 Å². The Bertz CT molecular complexity index is 567. The smallest absolute Gasteiger partial charge is 0.387 e. The van der Waals surface area contributed by atoms with E-state index in [1.807, 2.05) is 6.92 Å². The SMILES string of the molecule is CCNC(=NCc1ccc(OC(F)F)c(OCC)c1)NC1CC1C. The zero-order valence-electron chi connectivity index (χ0n) is 14.3. The molecule has 0 spiro atoms. The molecule has 134 valence electrons. The third kappa shape index (κ3) is 5.54. The summed E-state index contributed by atoms with van der Waals surface area (Å²) < 4.78 is 34.7. The second-order valence-electron chi connectivity index (χ2n) is 5.75. The van der Waals surface area contributed by atoms with Gasteiger partial charge in [-0.15, -0.1) is 0 Å². The molecule has 2 atom stereocenters. The Morgan fingerprint density at radius 2 is 2.08 bits per heavy atom. The highest BCUT2D eigenvalue weighted by Gasteiger charge is 2.33. The van der Waals surface area contributed by atoms with Crippen LogP contribution in [0.1, 0.15) is 32.8 Å². The molecule has 1 saturated carbocycles. The fourth-order valence-corrected chi connectivity index (χ4v) is 2.30. The first-order chi connectivity index (χ1) is 11.5. The summed E-state index contributed by atoms with van der Waals surface area (Å²) in [5.41, 5.74) is 0.862. The van der Waals surface area contributed by atoms with Crippen molar-refractivity contribution in [3.8, 4) is 11.5 Å². The van der Waals surface area contributed by atoms with Crippen molar-refractivity contribution in [1.29, 1.82) is 0 Å². The standard InChI is InChI=1S/C17H25F2N3O2/c1-4-20-17(22-13-8-11(13)3)21-10-12-6-7-14(24-16(18)19)15(9-12)23-5-2/h6-7,9,11,13,16H,4-5,8,10H2,1-3H3,(H2,20,21,22). The second-order valence-corrected chi connectivity index (χ2v) is 5.75. The van der Waals surface area contributed by atoms with E-state index in [9.17, 15) is 8.78 Å². The van der Waals surface area contributed by atoms with E-state index in [2.05, 4.69) is 27.3 Å². The van der Waals surface area contributed by atoms with Crippen molar-refractivity contribution in [2.75, 3.05) is 13.2 Å². The molecule has 1 aromatic rings. The minimum absolute atomic E-state index is 0.0383. The van der Waals surface area contributed by atoms with Gasteiger partial charge in [0.1, 0.15) is 0 Å². The molecule has 0 saturated heterocycles. The number of aliphatic imine (C=N–C) groups is 1. The average molecular weight is 341 g/mol. The molecule has 0 aliphatic heterocycles. The summed E-state index contributed by atoms with van der Waals surface area (Å²) in [6.07, 6.45) is 1.15. The summed E-state index contributed by atoms with van der Waals surface area (Å²) in [6, 6.07) is 5.37. The number of alkyl halides is 2. The van der Waals surface area contributed by atoms with Crippen molar-refractivity contribution in [1.82, 2.24) is 10.6 Å². The molecular formula is C17H25F2N3O2. The lowest BCUT2D eigenvalue weighted by Gasteiger charge is -2.13. The number of benzene rings is 1. The van der Waals surface area contributed by atoms with E-state index in [-0.39, 0.29) is 5.75 Å². The molecule has 0 heterocycles. The molecule has 1 aliphatic rings. The van der Waals surface area contributed by atoms with Crippen molar-refractivity contribution >= 4 is 5.96 Å². The van der Waals surface area contributed by atoms with Gasteiger partial charge in [-0.25, -0.2) is 4.99 Å². The Morgan fingerprint density at radius 3 is 2.67 bits per heavy atom. The predicted molar refractivity (Wildman–Crippen MR) is 89.8 cm³/mol. The Morgan fingerprint density at radius 1 is 1.33 bits per heavy atom.